The monoisotopic (exact) mass is 277 g/mol. The van der Waals surface area contributed by atoms with Crippen molar-refractivity contribution in [1.29, 1.82) is 0 Å². The summed E-state index contributed by atoms with van der Waals surface area (Å²) in [5.41, 5.74) is 1.58. The van der Waals surface area contributed by atoms with Crippen LogP contribution >= 0.6 is 0 Å². The number of hydrogen-bond acceptors (Lipinski definition) is 4. The van der Waals surface area contributed by atoms with Crippen LogP contribution in [0.5, 0.6) is 0 Å². The molecule has 0 bridgehead atoms. The number of hydrogen-bond donors (Lipinski definition) is 2. The van der Waals surface area contributed by atoms with Gasteiger partial charge in [-0.15, -0.1) is 0 Å². The maximum atomic E-state index is 12.3. The number of nitrogens with one attached hydrogen (secondary N) is 2. The lowest BCUT2D eigenvalue weighted by atomic mass is 10.1. The summed E-state index contributed by atoms with van der Waals surface area (Å²) < 4.78 is 5.47. The minimum atomic E-state index is -0.0522. The Bertz CT molecular complexity index is 476. The fourth-order valence-electron chi connectivity index (χ4n) is 2.34. The number of carbonyl (C=O) groups is 1. The van der Waals surface area contributed by atoms with E-state index in [-0.39, 0.29) is 18.1 Å². The average Bonchev–Trinajstić information content (AvgIpc) is 2.84. The predicted octanol–water partition coefficient (Wildman–Crippen LogP) is 1.98. The molecule has 20 heavy (non-hydrogen) atoms. The van der Waals surface area contributed by atoms with Gasteiger partial charge in [0.1, 0.15) is 5.82 Å². The quantitative estimate of drug-likeness (QED) is 0.864. The normalized spacial score (nSPS) is 21.8. The van der Waals surface area contributed by atoms with Crippen LogP contribution in [0, 0.1) is 0 Å². The van der Waals surface area contributed by atoms with Crippen LogP contribution in [-0.4, -0.2) is 36.2 Å². The van der Waals surface area contributed by atoms with Crippen molar-refractivity contribution in [3.63, 3.8) is 0 Å². The lowest BCUT2D eigenvalue weighted by Crippen LogP contribution is -2.39. The second-order valence-electron chi connectivity index (χ2n) is 5.06. The van der Waals surface area contributed by atoms with Crippen molar-refractivity contribution in [2.45, 2.75) is 45.8 Å². The van der Waals surface area contributed by atoms with Gasteiger partial charge in [0.2, 0.25) is 0 Å². The molecule has 2 unspecified atom stereocenters. The van der Waals surface area contributed by atoms with Gasteiger partial charge in [-0.2, -0.15) is 0 Å². The van der Waals surface area contributed by atoms with Crippen molar-refractivity contribution in [3.05, 3.63) is 23.4 Å². The molecule has 2 atom stereocenters. The van der Waals surface area contributed by atoms with Crippen molar-refractivity contribution in [3.8, 4) is 0 Å². The van der Waals surface area contributed by atoms with E-state index in [1.807, 2.05) is 26.8 Å². The first-order valence-corrected chi connectivity index (χ1v) is 7.31. The van der Waals surface area contributed by atoms with E-state index in [0.717, 1.165) is 30.9 Å². The second kappa shape index (κ2) is 6.70. The van der Waals surface area contributed by atoms with Crippen LogP contribution in [0.15, 0.2) is 12.1 Å². The molecule has 1 aliphatic rings. The fourth-order valence-corrected chi connectivity index (χ4v) is 2.34. The Balaban J connectivity index is 2.13. The van der Waals surface area contributed by atoms with Gasteiger partial charge in [-0.3, -0.25) is 4.79 Å². The molecule has 0 saturated carbocycles. The highest BCUT2D eigenvalue weighted by Gasteiger charge is 2.26. The first kappa shape index (κ1) is 14.8. The van der Waals surface area contributed by atoms with E-state index in [1.165, 1.54) is 0 Å². The van der Waals surface area contributed by atoms with Gasteiger partial charge in [0.05, 0.1) is 12.1 Å². The number of carbonyl (C=O) groups excluding carboxylic acids is 1. The van der Waals surface area contributed by atoms with Crippen LogP contribution in [0.3, 0.4) is 0 Å². The fraction of sp³-hybridized carbons (Fsp3) is 0.600. The van der Waals surface area contributed by atoms with E-state index in [4.69, 9.17) is 4.74 Å². The number of aromatic nitrogens is 1. The zero-order valence-corrected chi connectivity index (χ0v) is 12.4. The average molecular weight is 277 g/mol. The molecule has 1 fully saturated rings. The first-order chi connectivity index (χ1) is 9.63. The third kappa shape index (κ3) is 3.48. The van der Waals surface area contributed by atoms with E-state index in [1.54, 1.807) is 6.07 Å². The first-order valence-electron chi connectivity index (χ1n) is 7.31. The van der Waals surface area contributed by atoms with Crippen molar-refractivity contribution < 1.29 is 9.53 Å². The molecule has 1 saturated heterocycles. The molecular weight excluding hydrogens is 254 g/mol. The maximum absolute atomic E-state index is 12.3. The summed E-state index contributed by atoms with van der Waals surface area (Å²) in [5.74, 6) is 0.705. The van der Waals surface area contributed by atoms with Gasteiger partial charge in [0, 0.05) is 24.4 Å². The number of ether oxygens (including phenoxy) is 1. The third-order valence-corrected chi connectivity index (χ3v) is 3.55. The molecule has 1 aromatic heterocycles. The Kier molecular flexibility index (Phi) is 4.95. The number of anilines is 1. The minimum absolute atomic E-state index is 0.0522. The number of pyridine rings is 1. The highest BCUT2D eigenvalue weighted by atomic mass is 16.5. The minimum Gasteiger partial charge on any atom is -0.376 e. The SMILES string of the molecule is CCNc1cc(C(=O)NC2CCOC2C)cc(CC)n1. The molecule has 5 nitrogen and oxygen atoms in total. The molecule has 2 N–H and O–H groups in total. The Labute approximate surface area is 120 Å². The van der Waals surface area contributed by atoms with Gasteiger partial charge in [-0.05, 0) is 38.8 Å². The van der Waals surface area contributed by atoms with Gasteiger partial charge in [0.25, 0.3) is 5.91 Å². The molecule has 1 amide bonds. The summed E-state index contributed by atoms with van der Waals surface area (Å²) in [6.45, 7) is 7.54. The van der Waals surface area contributed by atoms with Crippen LogP contribution in [-0.2, 0) is 11.2 Å². The van der Waals surface area contributed by atoms with Gasteiger partial charge >= 0.3 is 0 Å². The van der Waals surface area contributed by atoms with E-state index >= 15 is 0 Å². The van der Waals surface area contributed by atoms with Gasteiger partial charge < -0.3 is 15.4 Å². The van der Waals surface area contributed by atoms with Crippen LogP contribution < -0.4 is 10.6 Å². The van der Waals surface area contributed by atoms with Crippen LogP contribution in [0.25, 0.3) is 0 Å². The molecule has 5 heteroatoms. The highest BCUT2D eigenvalue weighted by Crippen LogP contribution is 2.15. The van der Waals surface area contributed by atoms with Gasteiger partial charge in [0.15, 0.2) is 0 Å². The van der Waals surface area contributed by atoms with E-state index < -0.39 is 0 Å². The van der Waals surface area contributed by atoms with E-state index in [0.29, 0.717) is 12.2 Å². The third-order valence-electron chi connectivity index (χ3n) is 3.55. The summed E-state index contributed by atoms with van der Waals surface area (Å²) in [6.07, 6.45) is 1.76. The summed E-state index contributed by atoms with van der Waals surface area (Å²) in [5, 5.41) is 6.21. The smallest absolute Gasteiger partial charge is 0.251 e. The molecule has 0 radical (unpaired) electrons. The van der Waals surface area contributed by atoms with Crippen LogP contribution in [0.2, 0.25) is 0 Å². The highest BCUT2D eigenvalue weighted by molar-refractivity contribution is 5.95. The molecule has 2 rings (SSSR count). The van der Waals surface area contributed by atoms with Crippen molar-refractivity contribution in [1.82, 2.24) is 10.3 Å². The molecule has 1 aromatic rings. The largest absolute Gasteiger partial charge is 0.376 e. The van der Waals surface area contributed by atoms with E-state index in [2.05, 4.69) is 15.6 Å². The maximum Gasteiger partial charge on any atom is 0.251 e. The summed E-state index contributed by atoms with van der Waals surface area (Å²) in [4.78, 5) is 16.8. The van der Waals surface area contributed by atoms with Crippen molar-refractivity contribution in [2.75, 3.05) is 18.5 Å². The lowest BCUT2D eigenvalue weighted by molar-refractivity contribution is 0.0866. The number of aryl methyl sites for hydroxylation is 1. The zero-order valence-electron chi connectivity index (χ0n) is 12.4. The molecule has 0 aromatic carbocycles. The number of rotatable bonds is 5. The Morgan fingerprint density at radius 1 is 1.45 bits per heavy atom. The topological polar surface area (TPSA) is 63.2 Å². The summed E-state index contributed by atoms with van der Waals surface area (Å²) >= 11 is 0. The lowest BCUT2D eigenvalue weighted by Gasteiger charge is -2.16. The Hall–Kier alpha value is -1.62. The van der Waals surface area contributed by atoms with Gasteiger partial charge in [-0.1, -0.05) is 6.92 Å². The van der Waals surface area contributed by atoms with E-state index in [9.17, 15) is 4.79 Å². The second-order valence-corrected chi connectivity index (χ2v) is 5.06. The predicted molar refractivity (Wildman–Crippen MR) is 79.1 cm³/mol. The molecule has 1 aliphatic heterocycles. The Morgan fingerprint density at radius 2 is 2.25 bits per heavy atom. The molecule has 110 valence electrons. The standard InChI is InChI=1S/C15H23N3O2/c1-4-12-8-11(9-14(17-12)16-5-2)15(19)18-13-6-7-20-10(13)3/h8-10,13H,4-7H2,1-3H3,(H,16,17)(H,18,19). The van der Waals surface area contributed by atoms with Crippen LogP contribution in [0.1, 0.15) is 43.2 Å². The number of nitrogens with zero attached hydrogens (tertiary/aromatic N) is 1. The Morgan fingerprint density at radius 3 is 2.85 bits per heavy atom. The van der Waals surface area contributed by atoms with Crippen molar-refractivity contribution in [2.24, 2.45) is 0 Å². The summed E-state index contributed by atoms with van der Waals surface area (Å²) in [6, 6.07) is 3.76. The number of amides is 1. The molecule has 2 heterocycles. The van der Waals surface area contributed by atoms with Crippen LogP contribution in [0.4, 0.5) is 5.82 Å². The van der Waals surface area contributed by atoms with Gasteiger partial charge in [-0.25, -0.2) is 4.98 Å². The molecule has 0 aliphatic carbocycles. The zero-order chi connectivity index (χ0) is 14.5. The molecule has 0 spiro atoms. The summed E-state index contributed by atoms with van der Waals surface area (Å²) in [7, 11) is 0. The molecular formula is C15H23N3O2. The van der Waals surface area contributed by atoms with Crippen molar-refractivity contribution >= 4 is 11.7 Å².